The molecule has 1 aliphatic heterocycles. The molecule has 1 aromatic carbocycles. The maximum absolute atomic E-state index is 12.1. The van der Waals surface area contributed by atoms with E-state index >= 15 is 0 Å². The molecule has 0 aliphatic carbocycles. The highest BCUT2D eigenvalue weighted by molar-refractivity contribution is 5.91. The number of hydrogen-bond acceptors (Lipinski definition) is 2. The summed E-state index contributed by atoms with van der Waals surface area (Å²) in [5.41, 5.74) is 2.01. The normalized spacial score (nSPS) is 18.7. The predicted octanol–water partition coefficient (Wildman–Crippen LogP) is 3.01. The number of nitrogens with zero attached hydrogens (tertiary/aromatic N) is 1. The molecular weight excluding hydrogens is 240 g/mol. The van der Waals surface area contributed by atoms with E-state index in [4.69, 9.17) is 0 Å². The average molecular weight is 260 g/mol. The number of nitrogens with one attached hydrogen (secondary N) is 1. The summed E-state index contributed by atoms with van der Waals surface area (Å²) in [4.78, 5) is 24.5. The molecule has 0 saturated carbocycles. The zero-order valence-corrected chi connectivity index (χ0v) is 11.4. The van der Waals surface area contributed by atoms with Crippen molar-refractivity contribution >= 4 is 18.0 Å². The second kappa shape index (κ2) is 5.87. The summed E-state index contributed by atoms with van der Waals surface area (Å²) in [6, 6.07) is 7.38. The van der Waals surface area contributed by atoms with Crippen molar-refractivity contribution in [1.82, 2.24) is 4.90 Å². The first-order valence-electron chi connectivity index (χ1n) is 6.74. The molecule has 1 aliphatic rings. The molecule has 4 nitrogen and oxygen atoms in total. The summed E-state index contributed by atoms with van der Waals surface area (Å²) in [5.74, 6) is 0.475. The lowest BCUT2D eigenvalue weighted by molar-refractivity contribution is -0.110. The summed E-state index contributed by atoms with van der Waals surface area (Å²) >= 11 is 0. The minimum Gasteiger partial charge on any atom is -0.315 e. The number of hydrogen-bond donors (Lipinski definition) is 1. The van der Waals surface area contributed by atoms with Gasteiger partial charge in [-0.05, 0) is 36.5 Å². The molecule has 2 amide bonds. The third-order valence-corrected chi connectivity index (χ3v) is 3.55. The van der Waals surface area contributed by atoms with E-state index in [0.717, 1.165) is 24.8 Å². The largest absolute Gasteiger partial charge is 0.322 e. The van der Waals surface area contributed by atoms with Gasteiger partial charge >= 0.3 is 6.03 Å². The topological polar surface area (TPSA) is 49.4 Å². The van der Waals surface area contributed by atoms with Crippen LogP contribution in [0.1, 0.15) is 38.2 Å². The van der Waals surface area contributed by atoms with Gasteiger partial charge in [-0.15, -0.1) is 0 Å². The molecule has 19 heavy (non-hydrogen) atoms. The second-order valence-electron chi connectivity index (χ2n) is 5.25. The lowest BCUT2D eigenvalue weighted by Gasteiger charge is -2.21. The standard InChI is InChI=1S/C15H20N2O2/c1-11(2)12-5-7-13(8-6-12)16-15(19)17-9-3-4-14(17)10-18/h5-8,10-11,14H,3-4,9H2,1-2H3,(H,16,19)/t14-/m1/s1. The number of rotatable bonds is 3. The molecule has 1 fully saturated rings. The van der Waals surface area contributed by atoms with Gasteiger partial charge in [0.1, 0.15) is 6.29 Å². The van der Waals surface area contributed by atoms with Gasteiger partial charge in [-0.1, -0.05) is 26.0 Å². The highest BCUT2D eigenvalue weighted by Gasteiger charge is 2.28. The van der Waals surface area contributed by atoms with Crippen LogP contribution in [-0.4, -0.2) is 29.8 Å². The van der Waals surface area contributed by atoms with Gasteiger partial charge in [-0.25, -0.2) is 4.79 Å². The maximum Gasteiger partial charge on any atom is 0.322 e. The van der Waals surface area contributed by atoms with Gasteiger partial charge in [-0.2, -0.15) is 0 Å². The van der Waals surface area contributed by atoms with Gasteiger partial charge < -0.3 is 15.0 Å². The molecule has 2 rings (SSSR count). The van der Waals surface area contributed by atoms with Crippen LogP contribution < -0.4 is 5.32 Å². The number of anilines is 1. The number of amides is 2. The van der Waals surface area contributed by atoms with Crippen molar-refractivity contribution < 1.29 is 9.59 Å². The molecule has 1 aromatic rings. The molecule has 1 saturated heterocycles. The van der Waals surface area contributed by atoms with Gasteiger partial charge in [0, 0.05) is 12.2 Å². The monoisotopic (exact) mass is 260 g/mol. The van der Waals surface area contributed by atoms with Crippen LogP contribution in [-0.2, 0) is 4.79 Å². The van der Waals surface area contributed by atoms with Crippen molar-refractivity contribution in [2.24, 2.45) is 0 Å². The number of carbonyl (C=O) groups excluding carboxylic acids is 2. The Bertz CT molecular complexity index is 454. The zero-order valence-electron chi connectivity index (χ0n) is 11.4. The van der Waals surface area contributed by atoms with E-state index in [2.05, 4.69) is 19.2 Å². The van der Waals surface area contributed by atoms with E-state index in [1.165, 1.54) is 5.56 Å². The molecule has 0 spiro atoms. The van der Waals surface area contributed by atoms with Crippen LogP contribution in [0.15, 0.2) is 24.3 Å². The van der Waals surface area contributed by atoms with Crippen molar-refractivity contribution in [2.75, 3.05) is 11.9 Å². The number of aldehydes is 1. The van der Waals surface area contributed by atoms with Gasteiger partial charge in [0.25, 0.3) is 0 Å². The molecule has 1 heterocycles. The van der Waals surface area contributed by atoms with Crippen LogP contribution in [0.3, 0.4) is 0 Å². The maximum atomic E-state index is 12.1. The fourth-order valence-electron chi connectivity index (χ4n) is 2.33. The van der Waals surface area contributed by atoms with Crippen LogP contribution in [0, 0.1) is 0 Å². The number of carbonyl (C=O) groups is 2. The summed E-state index contributed by atoms with van der Waals surface area (Å²) in [6.07, 6.45) is 2.51. The predicted molar refractivity (Wildman–Crippen MR) is 75.3 cm³/mol. The van der Waals surface area contributed by atoms with E-state index in [1.807, 2.05) is 24.3 Å². The summed E-state index contributed by atoms with van der Waals surface area (Å²) < 4.78 is 0. The molecule has 0 radical (unpaired) electrons. The Morgan fingerprint density at radius 3 is 2.63 bits per heavy atom. The summed E-state index contributed by atoms with van der Waals surface area (Å²) in [7, 11) is 0. The van der Waals surface area contributed by atoms with Gasteiger partial charge in [0.2, 0.25) is 0 Å². The fraction of sp³-hybridized carbons (Fsp3) is 0.467. The summed E-state index contributed by atoms with van der Waals surface area (Å²) in [6.45, 7) is 4.91. The highest BCUT2D eigenvalue weighted by atomic mass is 16.2. The average Bonchev–Trinajstić information content (AvgIpc) is 2.87. The molecule has 0 aromatic heterocycles. The van der Waals surface area contributed by atoms with Crippen molar-refractivity contribution in [2.45, 2.75) is 38.6 Å². The Balaban J connectivity index is 2.00. The minimum absolute atomic E-state index is 0.188. The van der Waals surface area contributed by atoms with Gasteiger partial charge in [-0.3, -0.25) is 0 Å². The SMILES string of the molecule is CC(C)c1ccc(NC(=O)N2CCC[C@@H]2C=O)cc1. The van der Waals surface area contributed by atoms with Crippen molar-refractivity contribution in [3.05, 3.63) is 29.8 Å². The van der Waals surface area contributed by atoms with Gasteiger partial charge in [0.15, 0.2) is 0 Å². The molecule has 1 atom stereocenters. The first-order chi connectivity index (χ1) is 9.11. The third-order valence-electron chi connectivity index (χ3n) is 3.55. The smallest absolute Gasteiger partial charge is 0.315 e. The van der Waals surface area contributed by atoms with Crippen molar-refractivity contribution in [1.29, 1.82) is 0 Å². The van der Waals surface area contributed by atoms with Gasteiger partial charge in [0.05, 0.1) is 6.04 Å². The Morgan fingerprint density at radius 1 is 1.37 bits per heavy atom. The minimum atomic E-state index is -0.269. The third kappa shape index (κ3) is 3.13. The number of urea groups is 1. The van der Waals surface area contributed by atoms with Crippen LogP contribution in [0.5, 0.6) is 0 Å². The lowest BCUT2D eigenvalue weighted by Crippen LogP contribution is -2.39. The van der Waals surface area contributed by atoms with E-state index in [-0.39, 0.29) is 12.1 Å². The van der Waals surface area contributed by atoms with Crippen molar-refractivity contribution in [3.63, 3.8) is 0 Å². The molecule has 0 unspecified atom stereocenters. The molecule has 4 heteroatoms. The van der Waals surface area contributed by atoms with E-state index in [1.54, 1.807) is 4.90 Å². The molecular formula is C15H20N2O2. The van der Waals surface area contributed by atoms with Crippen LogP contribution in [0.25, 0.3) is 0 Å². The van der Waals surface area contributed by atoms with Crippen molar-refractivity contribution in [3.8, 4) is 0 Å². The Hall–Kier alpha value is -1.84. The Morgan fingerprint density at radius 2 is 2.05 bits per heavy atom. The highest BCUT2D eigenvalue weighted by Crippen LogP contribution is 2.19. The lowest BCUT2D eigenvalue weighted by atomic mass is 10.0. The number of likely N-dealkylation sites (tertiary alicyclic amines) is 1. The van der Waals surface area contributed by atoms with Crippen LogP contribution in [0.2, 0.25) is 0 Å². The molecule has 1 N–H and O–H groups in total. The Kier molecular flexibility index (Phi) is 4.20. The molecule has 102 valence electrons. The fourth-order valence-corrected chi connectivity index (χ4v) is 2.33. The summed E-state index contributed by atoms with van der Waals surface area (Å²) in [5, 5.41) is 2.84. The first-order valence-corrected chi connectivity index (χ1v) is 6.74. The first kappa shape index (κ1) is 13.6. The molecule has 0 bridgehead atoms. The van der Waals surface area contributed by atoms with E-state index in [9.17, 15) is 9.59 Å². The van der Waals surface area contributed by atoms with E-state index in [0.29, 0.717) is 12.5 Å². The Labute approximate surface area is 113 Å². The quantitative estimate of drug-likeness (QED) is 0.849. The van der Waals surface area contributed by atoms with E-state index < -0.39 is 0 Å². The van der Waals surface area contributed by atoms with Crippen LogP contribution >= 0.6 is 0 Å². The zero-order chi connectivity index (χ0) is 13.8. The number of benzene rings is 1. The second-order valence-corrected chi connectivity index (χ2v) is 5.25. The van der Waals surface area contributed by atoms with Crippen LogP contribution in [0.4, 0.5) is 10.5 Å².